The molecule has 1 aliphatic carbocycles. The van der Waals surface area contributed by atoms with E-state index in [1.807, 2.05) is 24.3 Å². The van der Waals surface area contributed by atoms with E-state index in [9.17, 15) is 0 Å². The first-order valence-corrected chi connectivity index (χ1v) is 8.98. The molecule has 2 unspecified atom stereocenters. The number of nitrogens with zero attached hydrogens (tertiary/aromatic N) is 1. The van der Waals surface area contributed by atoms with Gasteiger partial charge in [0.25, 0.3) is 0 Å². The Labute approximate surface area is 148 Å². The Bertz CT molecular complexity index is 955. The van der Waals surface area contributed by atoms with Crippen LogP contribution in [0.2, 0.25) is 0 Å². The Balaban J connectivity index is 1.56. The fourth-order valence-electron chi connectivity index (χ4n) is 4.68. The Morgan fingerprint density at radius 1 is 1.12 bits per heavy atom. The van der Waals surface area contributed by atoms with Crippen molar-refractivity contribution in [2.75, 3.05) is 7.11 Å². The molecule has 2 atom stereocenters. The second-order valence-corrected chi connectivity index (χ2v) is 7.89. The fourth-order valence-corrected chi connectivity index (χ4v) is 4.68. The lowest BCUT2D eigenvalue weighted by atomic mass is 10.1. The summed E-state index contributed by atoms with van der Waals surface area (Å²) in [6, 6.07) is 16.8. The Morgan fingerprint density at radius 3 is 2.68 bits per heavy atom. The van der Waals surface area contributed by atoms with E-state index in [0.717, 1.165) is 29.5 Å². The molecule has 0 saturated heterocycles. The standard InChI is InChI=1S/C22H23NO2/c1-22(2)16-12-23-17-9-10-19(24-3)21(15(17)11-18(23)20(16)22)25-13-14-7-5-4-6-8-14/h4-11,16,20H,12-13H2,1-3H3. The van der Waals surface area contributed by atoms with E-state index in [0.29, 0.717) is 17.9 Å². The quantitative estimate of drug-likeness (QED) is 0.672. The molecular formula is C22H23NO2. The van der Waals surface area contributed by atoms with Crippen LogP contribution in [-0.4, -0.2) is 11.7 Å². The fraction of sp³-hybridized carbons (Fsp3) is 0.364. The smallest absolute Gasteiger partial charge is 0.171 e. The molecular weight excluding hydrogens is 310 g/mol. The second kappa shape index (κ2) is 5.04. The Morgan fingerprint density at radius 2 is 1.92 bits per heavy atom. The maximum absolute atomic E-state index is 6.23. The van der Waals surface area contributed by atoms with E-state index in [2.05, 4.69) is 42.7 Å². The molecule has 1 aliphatic heterocycles. The van der Waals surface area contributed by atoms with Crippen molar-refractivity contribution in [3.05, 3.63) is 59.8 Å². The van der Waals surface area contributed by atoms with Crippen molar-refractivity contribution in [1.29, 1.82) is 0 Å². The van der Waals surface area contributed by atoms with Crippen LogP contribution < -0.4 is 9.47 Å². The molecule has 3 aromatic rings. The van der Waals surface area contributed by atoms with Crippen molar-refractivity contribution < 1.29 is 9.47 Å². The van der Waals surface area contributed by atoms with Crippen LogP contribution in [0.3, 0.4) is 0 Å². The van der Waals surface area contributed by atoms with Gasteiger partial charge in [-0.15, -0.1) is 0 Å². The molecule has 2 heterocycles. The number of methoxy groups -OCH3 is 1. The lowest BCUT2D eigenvalue weighted by Crippen LogP contribution is -2.05. The minimum Gasteiger partial charge on any atom is -0.493 e. The molecule has 128 valence electrons. The maximum Gasteiger partial charge on any atom is 0.171 e. The normalized spacial score (nSPS) is 22.5. The SMILES string of the molecule is COc1ccc2c(cc3n2CC2C3C2(C)C)c1OCc1ccccc1. The summed E-state index contributed by atoms with van der Waals surface area (Å²) in [5.41, 5.74) is 4.33. The van der Waals surface area contributed by atoms with Crippen LogP contribution in [0.25, 0.3) is 10.9 Å². The minimum absolute atomic E-state index is 0.444. The molecule has 1 fully saturated rings. The molecule has 0 amide bonds. The third-order valence-electron chi connectivity index (χ3n) is 6.23. The minimum atomic E-state index is 0.444. The molecule has 0 bridgehead atoms. The average molecular weight is 333 g/mol. The summed E-state index contributed by atoms with van der Waals surface area (Å²) in [5.74, 6) is 3.15. The van der Waals surface area contributed by atoms with Gasteiger partial charge in [-0.3, -0.25) is 0 Å². The molecule has 25 heavy (non-hydrogen) atoms. The van der Waals surface area contributed by atoms with E-state index in [1.165, 1.54) is 16.6 Å². The molecule has 2 aromatic carbocycles. The summed E-state index contributed by atoms with van der Waals surface area (Å²) >= 11 is 0. The van der Waals surface area contributed by atoms with E-state index >= 15 is 0 Å². The van der Waals surface area contributed by atoms with Gasteiger partial charge >= 0.3 is 0 Å². The van der Waals surface area contributed by atoms with Gasteiger partial charge < -0.3 is 14.0 Å². The van der Waals surface area contributed by atoms with Gasteiger partial charge in [-0.25, -0.2) is 0 Å². The molecule has 3 heteroatoms. The Hall–Kier alpha value is -2.42. The van der Waals surface area contributed by atoms with Gasteiger partial charge in [0, 0.05) is 23.5 Å². The molecule has 5 rings (SSSR count). The average Bonchev–Trinajstić information content (AvgIpc) is 2.95. The van der Waals surface area contributed by atoms with Gasteiger partial charge in [-0.05, 0) is 35.1 Å². The topological polar surface area (TPSA) is 23.4 Å². The van der Waals surface area contributed by atoms with Crippen molar-refractivity contribution in [2.24, 2.45) is 11.3 Å². The van der Waals surface area contributed by atoms with Crippen LogP contribution in [0.4, 0.5) is 0 Å². The molecule has 0 spiro atoms. The summed E-state index contributed by atoms with van der Waals surface area (Å²) in [6.45, 7) is 6.45. The molecule has 0 radical (unpaired) electrons. The zero-order chi connectivity index (χ0) is 17.2. The largest absolute Gasteiger partial charge is 0.493 e. The highest BCUT2D eigenvalue weighted by Crippen LogP contribution is 2.69. The molecule has 0 N–H and O–H groups in total. The monoisotopic (exact) mass is 333 g/mol. The van der Waals surface area contributed by atoms with E-state index < -0.39 is 0 Å². The highest BCUT2D eigenvalue weighted by Gasteiger charge is 2.62. The van der Waals surface area contributed by atoms with Crippen molar-refractivity contribution >= 4 is 10.9 Å². The van der Waals surface area contributed by atoms with Gasteiger partial charge in [0.1, 0.15) is 6.61 Å². The van der Waals surface area contributed by atoms with Crippen molar-refractivity contribution in [3.63, 3.8) is 0 Å². The predicted molar refractivity (Wildman–Crippen MR) is 99.3 cm³/mol. The zero-order valence-electron chi connectivity index (χ0n) is 15.0. The van der Waals surface area contributed by atoms with Gasteiger partial charge in [0.15, 0.2) is 11.5 Å². The van der Waals surface area contributed by atoms with Crippen molar-refractivity contribution in [3.8, 4) is 11.5 Å². The molecule has 1 aromatic heterocycles. The van der Waals surface area contributed by atoms with Gasteiger partial charge in [0.2, 0.25) is 0 Å². The number of hydrogen-bond donors (Lipinski definition) is 0. The van der Waals surface area contributed by atoms with Crippen LogP contribution >= 0.6 is 0 Å². The summed E-state index contributed by atoms with van der Waals surface area (Å²) < 4.78 is 14.3. The molecule has 2 aliphatic rings. The summed E-state index contributed by atoms with van der Waals surface area (Å²) in [5, 5.41) is 1.17. The van der Waals surface area contributed by atoms with Crippen molar-refractivity contribution in [1.82, 2.24) is 4.57 Å². The highest BCUT2D eigenvalue weighted by molar-refractivity contribution is 5.91. The number of hydrogen-bond acceptors (Lipinski definition) is 2. The van der Waals surface area contributed by atoms with Crippen LogP contribution in [-0.2, 0) is 13.2 Å². The number of ether oxygens (including phenoxy) is 2. The summed E-state index contributed by atoms with van der Waals surface area (Å²) in [7, 11) is 1.71. The second-order valence-electron chi connectivity index (χ2n) is 7.89. The third kappa shape index (κ3) is 2.05. The number of benzene rings is 2. The number of aromatic nitrogens is 1. The van der Waals surface area contributed by atoms with E-state index in [4.69, 9.17) is 9.47 Å². The maximum atomic E-state index is 6.23. The highest BCUT2D eigenvalue weighted by atomic mass is 16.5. The van der Waals surface area contributed by atoms with Crippen LogP contribution in [0.1, 0.15) is 31.0 Å². The molecule has 3 nitrogen and oxygen atoms in total. The Kier molecular flexibility index (Phi) is 3.00. The van der Waals surface area contributed by atoms with E-state index in [1.54, 1.807) is 7.11 Å². The van der Waals surface area contributed by atoms with Gasteiger partial charge in [-0.2, -0.15) is 0 Å². The van der Waals surface area contributed by atoms with Gasteiger partial charge in [-0.1, -0.05) is 44.2 Å². The summed E-state index contributed by atoms with van der Waals surface area (Å²) in [6.07, 6.45) is 0. The van der Waals surface area contributed by atoms with Crippen LogP contribution in [0.15, 0.2) is 48.5 Å². The first-order valence-electron chi connectivity index (χ1n) is 8.98. The first kappa shape index (κ1) is 14.9. The first-order chi connectivity index (χ1) is 12.1. The third-order valence-corrected chi connectivity index (χ3v) is 6.23. The van der Waals surface area contributed by atoms with E-state index in [-0.39, 0.29) is 0 Å². The van der Waals surface area contributed by atoms with Crippen LogP contribution in [0, 0.1) is 11.3 Å². The van der Waals surface area contributed by atoms with Crippen molar-refractivity contribution in [2.45, 2.75) is 32.9 Å². The predicted octanol–water partition coefficient (Wildman–Crippen LogP) is 4.98. The van der Waals surface area contributed by atoms with Gasteiger partial charge in [0.05, 0.1) is 12.6 Å². The number of rotatable bonds is 4. The lowest BCUT2D eigenvalue weighted by Gasteiger charge is -2.14. The summed E-state index contributed by atoms with van der Waals surface area (Å²) in [4.78, 5) is 0. The van der Waals surface area contributed by atoms with Crippen LogP contribution in [0.5, 0.6) is 11.5 Å². The zero-order valence-corrected chi connectivity index (χ0v) is 15.0. The number of fused-ring (bicyclic) bond motifs is 5. The molecule has 1 saturated carbocycles. The lowest BCUT2D eigenvalue weighted by molar-refractivity contribution is 0.288.